The van der Waals surface area contributed by atoms with E-state index in [1.165, 1.54) is 0 Å². The van der Waals surface area contributed by atoms with Gasteiger partial charge in [0, 0.05) is 11.6 Å². The van der Waals surface area contributed by atoms with Crippen molar-refractivity contribution in [2.45, 2.75) is 5.92 Å². The standard InChI is InChI=1S/C23H18N2O3/c1-26-17-10-11-19-21(13-17)28-23(25)20(14-24)22(19)15-6-5-9-18(12-15)27-16-7-3-2-4-8-16/h2-13,22H,25H2,1H3/t22-/m0/s1. The number of hydrogen-bond acceptors (Lipinski definition) is 5. The first-order chi connectivity index (χ1) is 13.7. The fraction of sp³-hybridized carbons (Fsp3) is 0.0870. The van der Waals surface area contributed by atoms with Crippen LogP contribution in [0.2, 0.25) is 0 Å². The number of benzene rings is 3. The zero-order valence-electron chi connectivity index (χ0n) is 15.3. The summed E-state index contributed by atoms with van der Waals surface area (Å²) in [4.78, 5) is 0. The van der Waals surface area contributed by atoms with Gasteiger partial charge >= 0.3 is 0 Å². The largest absolute Gasteiger partial charge is 0.497 e. The second kappa shape index (κ2) is 7.37. The van der Waals surface area contributed by atoms with Crippen molar-refractivity contribution < 1.29 is 14.2 Å². The Labute approximate surface area is 163 Å². The van der Waals surface area contributed by atoms with Gasteiger partial charge in [-0.15, -0.1) is 0 Å². The Bertz CT molecular complexity index is 1080. The van der Waals surface area contributed by atoms with Gasteiger partial charge in [0.2, 0.25) is 5.88 Å². The maximum atomic E-state index is 9.70. The van der Waals surface area contributed by atoms with Crippen molar-refractivity contribution in [1.82, 2.24) is 0 Å². The Morgan fingerprint density at radius 3 is 2.46 bits per heavy atom. The summed E-state index contributed by atoms with van der Waals surface area (Å²) in [5.41, 5.74) is 8.16. The third kappa shape index (κ3) is 3.24. The number of para-hydroxylation sites is 1. The van der Waals surface area contributed by atoms with Crippen LogP contribution in [0.1, 0.15) is 17.0 Å². The molecule has 4 rings (SSSR count). The topological polar surface area (TPSA) is 77.5 Å². The molecule has 1 aliphatic rings. The van der Waals surface area contributed by atoms with E-state index in [1.54, 1.807) is 13.2 Å². The van der Waals surface area contributed by atoms with Gasteiger partial charge in [0.15, 0.2) is 0 Å². The van der Waals surface area contributed by atoms with Gasteiger partial charge in [-0.2, -0.15) is 5.26 Å². The number of nitriles is 1. The van der Waals surface area contributed by atoms with Crippen molar-refractivity contribution in [1.29, 1.82) is 5.26 Å². The van der Waals surface area contributed by atoms with E-state index < -0.39 is 0 Å². The molecule has 3 aromatic carbocycles. The van der Waals surface area contributed by atoms with Gasteiger partial charge in [-0.1, -0.05) is 36.4 Å². The Morgan fingerprint density at radius 2 is 1.71 bits per heavy atom. The van der Waals surface area contributed by atoms with E-state index >= 15 is 0 Å². The number of ether oxygens (including phenoxy) is 3. The maximum Gasteiger partial charge on any atom is 0.205 e. The summed E-state index contributed by atoms with van der Waals surface area (Å²) in [6.45, 7) is 0. The van der Waals surface area contributed by atoms with E-state index in [0.29, 0.717) is 22.8 Å². The Morgan fingerprint density at radius 1 is 0.929 bits per heavy atom. The number of hydrogen-bond donors (Lipinski definition) is 1. The van der Waals surface area contributed by atoms with Crippen LogP contribution in [-0.2, 0) is 0 Å². The number of nitrogens with zero attached hydrogens (tertiary/aromatic N) is 1. The molecular weight excluding hydrogens is 352 g/mol. The Kier molecular flexibility index (Phi) is 4.61. The number of methoxy groups -OCH3 is 1. The van der Waals surface area contributed by atoms with Crippen LogP contribution in [0.25, 0.3) is 0 Å². The highest BCUT2D eigenvalue weighted by atomic mass is 16.5. The third-order valence-corrected chi connectivity index (χ3v) is 4.60. The van der Waals surface area contributed by atoms with Gasteiger partial charge in [-0.3, -0.25) is 0 Å². The molecule has 1 aliphatic heterocycles. The van der Waals surface area contributed by atoms with Crippen LogP contribution in [-0.4, -0.2) is 7.11 Å². The molecule has 0 aromatic heterocycles. The van der Waals surface area contributed by atoms with Crippen LogP contribution in [0.3, 0.4) is 0 Å². The molecule has 1 atom stereocenters. The molecule has 0 saturated carbocycles. The second-order valence-electron chi connectivity index (χ2n) is 6.32. The molecule has 0 aliphatic carbocycles. The first-order valence-electron chi connectivity index (χ1n) is 8.78. The van der Waals surface area contributed by atoms with E-state index in [9.17, 15) is 5.26 Å². The molecule has 0 fully saturated rings. The summed E-state index contributed by atoms with van der Waals surface area (Å²) >= 11 is 0. The summed E-state index contributed by atoms with van der Waals surface area (Å²) in [5.74, 6) is 2.41. The third-order valence-electron chi connectivity index (χ3n) is 4.60. The molecule has 0 amide bonds. The predicted octanol–water partition coefficient (Wildman–Crippen LogP) is 4.71. The van der Waals surface area contributed by atoms with Crippen LogP contribution in [0.15, 0.2) is 84.3 Å². The average molecular weight is 370 g/mol. The first-order valence-corrected chi connectivity index (χ1v) is 8.78. The predicted molar refractivity (Wildman–Crippen MR) is 105 cm³/mol. The minimum atomic E-state index is -0.348. The quantitative estimate of drug-likeness (QED) is 0.720. The monoisotopic (exact) mass is 370 g/mol. The molecule has 28 heavy (non-hydrogen) atoms. The van der Waals surface area contributed by atoms with Crippen molar-refractivity contribution in [2.24, 2.45) is 5.73 Å². The SMILES string of the molecule is COc1ccc2c(c1)OC(N)=C(C#N)[C@H]2c1cccc(Oc2ccccc2)c1. The van der Waals surface area contributed by atoms with Crippen LogP contribution in [0.5, 0.6) is 23.0 Å². The molecule has 0 spiro atoms. The minimum Gasteiger partial charge on any atom is -0.497 e. The highest BCUT2D eigenvalue weighted by Crippen LogP contribution is 2.44. The minimum absolute atomic E-state index is 0.0997. The van der Waals surface area contributed by atoms with Crippen LogP contribution < -0.4 is 19.9 Å². The van der Waals surface area contributed by atoms with Crippen LogP contribution in [0, 0.1) is 11.3 Å². The molecular formula is C23H18N2O3. The van der Waals surface area contributed by atoms with Gasteiger partial charge in [0.05, 0.1) is 13.0 Å². The summed E-state index contributed by atoms with van der Waals surface area (Å²) in [6, 6.07) is 24.9. The summed E-state index contributed by atoms with van der Waals surface area (Å²) in [7, 11) is 1.59. The van der Waals surface area contributed by atoms with Gasteiger partial charge in [-0.25, -0.2) is 0 Å². The molecule has 0 unspecified atom stereocenters. The van der Waals surface area contributed by atoms with Gasteiger partial charge in [0.1, 0.15) is 34.6 Å². The number of fused-ring (bicyclic) bond motifs is 1. The first kappa shape index (κ1) is 17.5. The molecule has 0 saturated heterocycles. The molecule has 3 aromatic rings. The molecule has 2 N–H and O–H groups in total. The van der Waals surface area contributed by atoms with E-state index in [-0.39, 0.29) is 11.8 Å². The molecule has 5 heteroatoms. The van der Waals surface area contributed by atoms with Crippen LogP contribution in [0.4, 0.5) is 0 Å². The van der Waals surface area contributed by atoms with Gasteiger partial charge in [-0.05, 0) is 35.9 Å². The summed E-state index contributed by atoms with van der Waals surface area (Å²) < 4.78 is 16.9. The van der Waals surface area contributed by atoms with E-state index in [1.807, 2.05) is 66.7 Å². The van der Waals surface area contributed by atoms with Gasteiger partial charge < -0.3 is 19.9 Å². The lowest BCUT2D eigenvalue weighted by atomic mass is 9.83. The van der Waals surface area contributed by atoms with Crippen molar-refractivity contribution in [3.8, 4) is 29.1 Å². The maximum absolute atomic E-state index is 9.70. The number of allylic oxidation sites excluding steroid dienone is 1. The number of nitrogens with two attached hydrogens (primary N) is 1. The lowest BCUT2D eigenvalue weighted by Gasteiger charge is -2.27. The van der Waals surface area contributed by atoms with E-state index in [2.05, 4.69) is 6.07 Å². The lowest BCUT2D eigenvalue weighted by molar-refractivity contribution is 0.381. The summed E-state index contributed by atoms with van der Waals surface area (Å²) in [5, 5.41) is 9.70. The van der Waals surface area contributed by atoms with E-state index in [4.69, 9.17) is 19.9 Å². The summed E-state index contributed by atoms with van der Waals surface area (Å²) in [6.07, 6.45) is 0. The Hall–Kier alpha value is -3.91. The molecule has 138 valence electrons. The smallest absolute Gasteiger partial charge is 0.205 e. The van der Waals surface area contributed by atoms with Crippen molar-refractivity contribution in [3.05, 3.63) is 95.4 Å². The van der Waals surface area contributed by atoms with Crippen molar-refractivity contribution in [3.63, 3.8) is 0 Å². The second-order valence-corrected chi connectivity index (χ2v) is 6.32. The number of rotatable bonds is 4. The zero-order chi connectivity index (χ0) is 19.5. The molecule has 5 nitrogen and oxygen atoms in total. The average Bonchev–Trinajstić information content (AvgIpc) is 2.73. The highest BCUT2D eigenvalue weighted by molar-refractivity contribution is 5.57. The lowest BCUT2D eigenvalue weighted by Crippen LogP contribution is -2.21. The molecule has 0 bridgehead atoms. The molecule has 1 heterocycles. The van der Waals surface area contributed by atoms with Gasteiger partial charge in [0.25, 0.3) is 0 Å². The Balaban J connectivity index is 1.77. The van der Waals surface area contributed by atoms with Crippen LogP contribution >= 0.6 is 0 Å². The zero-order valence-corrected chi connectivity index (χ0v) is 15.3. The van der Waals surface area contributed by atoms with Crippen molar-refractivity contribution >= 4 is 0 Å². The van der Waals surface area contributed by atoms with Crippen molar-refractivity contribution in [2.75, 3.05) is 7.11 Å². The molecule has 0 radical (unpaired) electrons. The fourth-order valence-corrected chi connectivity index (χ4v) is 3.29. The van der Waals surface area contributed by atoms with E-state index in [0.717, 1.165) is 16.9 Å². The fourth-order valence-electron chi connectivity index (χ4n) is 3.29. The highest BCUT2D eigenvalue weighted by Gasteiger charge is 2.31. The normalized spacial score (nSPS) is 15.2.